The maximum atomic E-state index is 12.6. The number of phosphoric acid groups is 1. The number of carboxylic acid groups (broad SMARTS) is 1. The van der Waals surface area contributed by atoms with Crippen molar-refractivity contribution in [2.24, 2.45) is 5.73 Å². The lowest BCUT2D eigenvalue weighted by atomic mass is 10.0. The van der Waals surface area contributed by atoms with Gasteiger partial charge in [0.15, 0.2) is 0 Å². The Kier molecular flexibility index (Phi) is 42.8. The van der Waals surface area contributed by atoms with Gasteiger partial charge < -0.3 is 25.2 Å². The molecule has 0 aromatic rings. The van der Waals surface area contributed by atoms with E-state index in [1.165, 1.54) is 161 Å². The number of allylic oxidation sites excluding steroid dienone is 2. The van der Waals surface area contributed by atoms with Crippen molar-refractivity contribution in [1.29, 1.82) is 0 Å². The van der Waals surface area contributed by atoms with Crippen molar-refractivity contribution in [1.82, 2.24) is 0 Å². The Morgan fingerprint density at radius 3 is 1.33 bits per heavy atom. The molecule has 0 saturated heterocycles. The molecule has 3 unspecified atom stereocenters. The predicted octanol–water partition coefficient (Wildman–Crippen LogP) is 13.7. The highest BCUT2D eigenvalue weighted by Crippen LogP contribution is 2.43. The highest BCUT2D eigenvalue weighted by molar-refractivity contribution is 7.47. The molecule has 0 aliphatic rings. The Balaban J connectivity index is 4.06. The molecular formula is C47H92NO9P. The van der Waals surface area contributed by atoms with Crippen molar-refractivity contribution in [3.8, 4) is 0 Å². The molecule has 0 aromatic carbocycles. The van der Waals surface area contributed by atoms with Gasteiger partial charge in [0.25, 0.3) is 0 Å². The van der Waals surface area contributed by atoms with Gasteiger partial charge in [-0.05, 0) is 38.5 Å². The SMILES string of the molecule is CCCCCC/C=C\CCCCCCCC(=O)OC(COCCCCCCCCCCCCCCCCCCCCCCCCC)COP(=O)(O)OCC(N)C(=O)O. The van der Waals surface area contributed by atoms with E-state index in [0.29, 0.717) is 13.0 Å². The number of hydrogen-bond donors (Lipinski definition) is 3. The molecule has 4 N–H and O–H groups in total. The quantitative estimate of drug-likeness (QED) is 0.0233. The van der Waals surface area contributed by atoms with Crippen LogP contribution < -0.4 is 5.73 Å². The van der Waals surface area contributed by atoms with Crippen LogP contribution in [0.4, 0.5) is 0 Å². The summed E-state index contributed by atoms with van der Waals surface area (Å²) in [5, 5.41) is 8.90. The summed E-state index contributed by atoms with van der Waals surface area (Å²) in [7, 11) is -4.61. The summed E-state index contributed by atoms with van der Waals surface area (Å²) in [6.07, 6.45) is 47.0. The fourth-order valence-corrected chi connectivity index (χ4v) is 7.79. The summed E-state index contributed by atoms with van der Waals surface area (Å²) in [4.78, 5) is 33.6. The first-order chi connectivity index (χ1) is 28.2. The van der Waals surface area contributed by atoms with Crippen LogP contribution in [0.2, 0.25) is 0 Å². The number of rotatable bonds is 47. The fourth-order valence-electron chi connectivity index (χ4n) is 7.01. The molecule has 3 atom stereocenters. The topological polar surface area (TPSA) is 155 Å². The summed E-state index contributed by atoms with van der Waals surface area (Å²) in [6.45, 7) is 3.90. The summed E-state index contributed by atoms with van der Waals surface area (Å²) in [5.74, 6) is -1.78. The Morgan fingerprint density at radius 1 is 0.534 bits per heavy atom. The van der Waals surface area contributed by atoms with E-state index in [1.54, 1.807) is 0 Å². The molecule has 0 radical (unpaired) electrons. The molecule has 0 saturated carbocycles. The van der Waals surface area contributed by atoms with Crippen molar-refractivity contribution < 1.29 is 42.7 Å². The number of aliphatic carboxylic acids is 1. The number of nitrogens with two attached hydrogens (primary N) is 1. The second-order valence-electron chi connectivity index (χ2n) is 16.6. The maximum absolute atomic E-state index is 12.6. The number of ether oxygens (including phenoxy) is 2. The van der Waals surface area contributed by atoms with Crippen molar-refractivity contribution in [2.75, 3.05) is 26.4 Å². The maximum Gasteiger partial charge on any atom is 0.472 e. The third-order valence-electron chi connectivity index (χ3n) is 10.8. The van der Waals surface area contributed by atoms with Gasteiger partial charge in [0.05, 0.1) is 19.8 Å². The molecular weight excluding hydrogens is 753 g/mol. The number of carbonyl (C=O) groups is 2. The molecule has 11 heteroatoms. The van der Waals surface area contributed by atoms with Crippen LogP contribution in [0.15, 0.2) is 12.2 Å². The number of carboxylic acids is 1. The number of hydrogen-bond acceptors (Lipinski definition) is 8. The first-order valence-electron chi connectivity index (χ1n) is 24.2. The van der Waals surface area contributed by atoms with E-state index < -0.39 is 45.1 Å². The Bertz CT molecular complexity index is 982. The zero-order chi connectivity index (χ0) is 42.6. The van der Waals surface area contributed by atoms with Crippen LogP contribution in [0, 0.1) is 0 Å². The minimum absolute atomic E-state index is 0.0197. The van der Waals surface area contributed by atoms with E-state index in [0.717, 1.165) is 51.4 Å². The van der Waals surface area contributed by atoms with Gasteiger partial charge in [-0.3, -0.25) is 18.6 Å². The summed E-state index contributed by atoms with van der Waals surface area (Å²) < 4.78 is 33.4. The number of carbonyl (C=O) groups excluding carboxylic acids is 1. The molecule has 0 spiro atoms. The first kappa shape index (κ1) is 56.7. The third kappa shape index (κ3) is 42.8. The largest absolute Gasteiger partial charge is 0.480 e. The summed E-state index contributed by atoms with van der Waals surface area (Å²) in [6, 6.07) is -1.47. The summed E-state index contributed by atoms with van der Waals surface area (Å²) >= 11 is 0. The lowest BCUT2D eigenvalue weighted by Crippen LogP contribution is -2.34. The normalized spacial score (nSPS) is 13.9. The van der Waals surface area contributed by atoms with E-state index in [1.807, 2.05) is 0 Å². The van der Waals surface area contributed by atoms with Gasteiger partial charge in [-0.25, -0.2) is 4.57 Å². The van der Waals surface area contributed by atoms with Crippen LogP contribution in [-0.4, -0.2) is 60.5 Å². The molecule has 0 aliphatic carbocycles. The van der Waals surface area contributed by atoms with Crippen molar-refractivity contribution >= 4 is 19.8 Å². The predicted molar refractivity (Wildman–Crippen MR) is 240 cm³/mol. The first-order valence-corrected chi connectivity index (χ1v) is 25.7. The molecule has 0 bridgehead atoms. The second-order valence-corrected chi connectivity index (χ2v) is 18.1. The van der Waals surface area contributed by atoms with Crippen LogP contribution in [0.5, 0.6) is 0 Å². The Labute approximate surface area is 356 Å². The minimum Gasteiger partial charge on any atom is -0.480 e. The standard InChI is InChI=1S/C47H92NO9P/c1-3-5-7-9-11-13-15-17-18-19-20-21-22-23-24-25-26-28-30-32-34-36-38-40-54-41-44(42-55-58(52,53)56-43-45(48)47(50)51)57-46(49)39-37-35-33-31-29-27-16-14-12-10-8-6-4-2/h14,16,44-45H,3-13,15,17-43,48H2,1-2H3,(H,50,51)(H,52,53)/b16-14-. The third-order valence-corrected chi connectivity index (χ3v) is 11.7. The molecule has 0 aromatic heterocycles. The fraction of sp³-hybridized carbons (Fsp3) is 0.915. The van der Waals surface area contributed by atoms with Gasteiger partial charge in [-0.2, -0.15) is 0 Å². The average Bonchev–Trinajstić information content (AvgIpc) is 3.20. The van der Waals surface area contributed by atoms with Crippen molar-refractivity contribution in [3.05, 3.63) is 12.2 Å². The molecule has 344 valence electrons. The highest BCUT2D eigenvalue weighted by atomic mass is 31.2. The molecule has 0 rings (SSSR count). The Hall–Kier alpha value is -1.29. The Morgan fingerprint density at radius 2 is 0.897 bits per heavy atom. The zero-order valence-corrected chi connectivity index (χ0v) is 38.6. The second kappa shape index (κ2) is 43.8. The van der Waals surface area contributed by atoms with E-state index in [-0.39, 0.29) is 13.0 Å². The van der Waals surface area contributed by atoms with E-state index >= 15 is 0 Å². The van der Waals surface area contributed by atoms with E-state index in [9.17, 15) is 19.0 Å². The van der Waals surface area contributed by atoms with Gasteiger partial charge in [0, 0.05) is 13.0 Å². The van der Waals surface area contributed by atoms with Gasteiger partial charge in [-0.1, -0.05) is 206 Å². The van der Waals surface area contributed by atoms with Gasteiger partial charge in [0.1, 0.15) is 12.1 Å². The van der Waals surface area contributed by atoms with Crippen LogP contribution in [0.25, 0.3) is 0 Å². The molecule has 0 amide bonds. The van der Waals surface area contributed by atoms with Gasteiger partial charge >= 0.3 is 19.8 Å². The molecule has 10 nitrogen and oxygen atoms in total. The molecule has 0 fully saturated rings. The molecule has 58 heavy (non-hydrogen) atoms. The summed E-state index contributed by atoms with van der Waals surface area (Å²) in [5.41, 5.74) is 5.36. The number of unbranched alkanes of at least 4 members (excludes halogenated alkanes) is 31. The van der Waals surface area contributed by atoms with Crippen LogP contribution >= 0.6 is 7.82 Å². The van der Waals surface area contributed by atoms with Gasteiger partial charge in [-0.15, -0.1) is 0 Å². The van der Waals surface area contributed by atoms with Gasteiger partial charge in [0.2, 0.25) is 0 Å². The van der Waals surface area contributed by atoms with Crippen LogP contribution in [0.1, 0.15) is 239 Å². The lowest BCUT2D eigenvalue weighted by molar-refractivity contribution is -0.154. The van der Waals surface area contributed by atoms with E-state index in [2.05, 4.69) is 26.0 Å². The minimum atomic E-state index is -4.61. The van der Waals surface area contributed by atoms with Crippen molar-refractivity contribution in [3.63, 3.8) is 0 Å². The monoisotopic (exact) mass is 846 g/mol. The van der Waals surface area contributed by atoms with Crippen LogP contribution in [-0.2, 0) is 32.7 Å². The average molecular weight is 846 g/mol. The smallest absolute Gasteiger partial charge is 0.472 e. The number of phosphoric ester groups is 1. The van der Waals surface area contributed by atoms with Crippen LogP contribution in [0.3, 0.4) is 0 Å². The highest BCUT2D eigenvalue weighted by Gasteiger charge is 2.27. The lowest BCUT2D eigenvalue weighted by Gasteiger charge is -2.20. The zero-order valence-electron chi connectivity index (χ0n) is 37.7. The molecule has 0 aliphatic heterocycles. The molecule has 0 heterocycles. The van der Waals surface area contributed by atoms with Crippen molar-refractivity contribution in [2.45, 2.75) is 251 Å². The van der Waals surface area contributed by atoms with E-state index in [4.69, 9.17) is 29.4 Å². The number of esters is 1.